The first kappa shape index (κ1) is 21.4. The van der Waals surface area contributed by atoms with Crippen LogP contribution in [0.3, 0.4) is 0 Å². The van der Waals surface area contributed by atoms with E-state index in [0.29, 0.717) is 37.2 Å². The summed E-state index contributed by atoms with van der Waals surface area (Å²) in [6.07, 6.45) is 2.65. The zero-order valence-corrected chi connectivity index (χ0v) is 17.3. The Labute approximate surface area is 176 Å². The number of amides is 1. The molecule has 6 heteroatoms. The zero-order valence-electron chi connectivity index (χ0n) is 17.3. The molecule has 0 saturated heterocycles. The summed E-state index contributed by atoms with van der Waals surface area (Å²) in [7, 11) is 3.16. The van der Waals surface area contributed by atoms with Crippen molar-refractivity contribution in [1.29, 1.82) is 0 Å². The van der Waals surface area contributed by atoms with Crippen LogP contribution in [-0.4, -0.2) is 37.1 Å². The molecular formula is C24H27NO5. The molecule has 0 fully saturated rings. The van der Waals surface area contributed by atoms with Gasteiger partial charge in [0, 0.05) is 6.42 Å². The molecule has 0 aliphatic carbocycles. The SMILES string of the molecule is COc1ccc(CCCC(=O)C2=C(O)C(CCc3ccccc3)NC2=O)cc1OC. The molecule has 30 heavy (non-hydrogen) atoms. The Morgan fingerprint density at radius 3 is 2.43 bits per heavy atom. The van der Waals surface area contributed by atoms with Crippen LogP contribution in [0, 0.1) is 0 Å². The molecule has 2 N–H and O–H groups in total. The van der Waals surface area contributed by atoms with Gasteiger partial charge in [0.05, 0.1) is 20.3 Å². The lowest BCUT2D eigenvalue weighted by atomic mass is 10.00. The molecule has 0 radical (unpaired) electrons. The first-order valence-electron chi connectivity index (χ1n) is 10.1. The molecule has 0 bridgehead atoms. The quantitative estimate of drug-likeness (QED) is 0.587. The van der Waals surface area contributed by atoms with Gasteiger partial charge in [0.25, 0.3) is 5.91 Å². The highest BCUT2D eigenvalue weighted by molar-refractivity contribution is 6.21. The van der Waals surface area contributed by atoms with Gasteiger partial charge in [-0.15, -0.1) is 0 Å². The molecule has 1 unspecified atom stereocenters. The lowest BCUT2D eigenvalue weighted by Gasteiger charge is -2.10. The molecule has 1 amide bonds. The van der Waals surface area contributed by atoms with E-state index in [0.717, 1.165) is 11.1 Å². The van der Waals surface area contributed by atoms with E-state index in [-0.39, 0.29) is 23.5 Å². The van der Waals surface area contributed by atoms with Gasteiger partial charge in [-0.05, 0) is 48.9 Å². The second-order valence-electron chi connectivity index (χ2n) is 7.28. The highest BCUT2D eigenvalue weighted by atomic mass is 16.5. The van der Waals surface area contributed by atoms with Gasteiger partial charge in [0.2, 0.25) is 0 Å². The van der Waals surface area contributed by atoms with Gasteiger partial charge in [-0.2, -0.15) is 0 Å². The van der Waals surface area contributed by atoms with Crippen LogP contribution in [0.15, 0.2) is 59.9 Å². The number of ketones is 1. The van der Waals surface area contributed by atoms with Crippen LogP contribution in [0.2, 0.25) is 0 Å². The predicted molar refractivity (Wildman–Crippen MR) is 114 cm³/mol. The number of nitrogens with one attached hydrogen (secondary N) is 1. The Hall–Kier alpha value is -3.28. The van der Waals surface area contributed by atoms with Gasteiger partial charge < -0.3 is 19.9 Å². The highest BCUT2D eigenvalue weighted by Crippen LogP contribution is 2.28. The molecule has 1 aliphatic heterocycles. The van der Waals surface area contributed by atoms with Crippen LogP contribution < -0.4 is 14.8 Å². The van der Waals surface area contributed by atoms with Crippen LogP contribution in [0.4, 0.5) is 0 Å². The maximum absolute atomic E-state index is 12.6. The van der Waals surface area contributed by atoms with E-state index in [1.54, 1.807) is 14.2 Å². The number of ether oxygens (including phenoxy) is 2. The van der Waals surface area contributed by atoms with E-state index < -0.39 is 11.9 Å². The minimum absolute atomic E-state index is 0.0969. The number of aliphatic hydroxyl groups excluding tert-OH is 1. The normalized spacial score (nSPS) is 15.8. The van der Waals surface area contributed by atoms with E-state index >= 15 is 0 Å². The number of hydrogen-bond acceptors (Lipinski definition) is 5. The Kier molecular flexibility index (Phi) is 7.12. The van der Waals surface area contributed by atoms with Crippen LogP contribution in [0.25, 0.3) is 0 Å². The van der Waals surface area contributed by atoms with Gasteiger partial charge in [-0.25, -0.2) is 0 Å². The summed E-state index contributed by atoms with van der Waals surface area (Å²) in [6.45, 7) is 0. The molecule has 1 heterocycles. The van der Waals surface area contributed by atoms with E-state index in [4.69, 9.17) is 9.47 Å². The number of aliphatic hydroxyl groups is 1. The number of carbonyl (C=O) groups excluding carboxylic acids is 2. The Morgan fingerprint density at radius 2 is 1.73 bits per heavy atom. The molecule has 1 atom stereocenters. The minimum Gasteiger partial charge on any atom is -0.509 e. The monoisotopic (exact) mass is 409 g/mol. The van der Waals surface area contributed by atoms with Crippen molar-refractivity contribution < 1.29 is 24.2 Å². The average Bonchev–Trinajstić information content (AvgIpc) is 3.05. The number of carbonyl (C=O) groups is 2. The molecule has 0 spiro atoms. The van der Waals surface area contributed by atoms with Crippen LogP contribution in [0.5, 0.6) is 11.5 Å². The molecule has 1 aliphatic rings. The fourth-order valence-electron chi connectivity index (χ4n) is 3.64. The predicted octanol–water partition coefficient (Wildman–Crippen LogP) is 3.54. The third-order valence-corrected chi connectivity index (χ3v) is 5.28. The summed E-state index contributed by atoms with van der Waals surface area (Å²) in [5.74, 6) is 0.344. The van der Waals surface area contributed by atoms with Gasteiger partial charge in [-0.3, -0.25) is 9.59 Å². The summed E-state index contributed by atoms with van der Waals surface area (Å²) in [5, 5.41) is 13.2. The summed E-state index contributed by atoms with van der Waals surface area (Å²) in [6, 6.07) is 14.9. The molecular weight excluding hydrogens is 382 g/mol. The lowest BCUT2D eigenvalue weighted by Crippen LogP contribution is -2.30. The zero-order chi connectivity index (χ0) is 21.5. The molecule has 2 aromatic rings. The summed E-state index contributed by atoms with van der Waals surface area (Å²) < 4.78 is 10.5. The van der Waals surface area contributed by atoms with Crippen molar-refractivity contribution in [1.82, 2.24) is 5.32 Å². The Balaban J connectivity index is 1.56. The second kappa shape index (κ2) is 9.96. The van der Waals surface area contributed by atoms with Crippen molar-refractivity contribution in [3.63, 3.8) is 0 Å². The molecule has 158 valence electrons. The van der Waals surface area contributed by atoms with Gasteiger partial charge in [-0.1, -0.05) is 36.4 Å². The lowest BCUT2D eigenvalue weighted by molar-refractivity contribution is -0.122. The summed E-state index contributed by atoms with van der Waals surface area (Å²) in [4.78, 5) is 24.8. The standard InChI is InChI=1S/C24H27NO5/c1-29-20-14-12-17(15-21(20)30-2)9-6-10-19(26)22-23(27)18(25-24(22)28)13-11-16-7-4-3-5-8-16/h3-5,7-8,12,14-15,18,27H,6,9-11,13H2,1-2H3,(H,25,28). The topological polar surface area (TPSA) is 84.9 Å². The summed E-state index contributed by atoms with van der Waals surface area (Å²) in [5.41, 5.74) is 2.03. The van der Waals surface area contributed by atoms with Crippen LogP contribution in [0.1, 0.15) is 30.4 Å². The number of rotatable bonds is 10. The molecule has 2 aromatic carbocycles. The highest BCUT2D eigenvalue weighted by Gasteiger charge is 2.35. The van der Waals surface area contributed by atoms with Crippen molar-refractivity contribution in [2.24, 2.45) is 0 Å². The Bertz CT molecular complexity index is 936. The fourth-order valence-corrected chi connectivity index (χ4v) is 3.64. The number of hydrogen-bond donors (Lipinski definition) is 2. The van der Waals surface area contributed by atoms with Crippen molar-refractivity contribution >= 4 is 11.7 Å². The van der Waals surface area contributed by atoms with E-state index in [2.05, 4.69) is 5.32 Å². The number of Topliss-reactive ketones (excluding diaryl/α,β-unsaturated/α-hetero) is 1. The molecule has 3 rings (SSSR count). The third kappa shape index (κ3) is 5.00. The van der Waals surface area contributed by atoms with E-state index in [1.807, 2.05) is 48.5 Å². The maximum Gasteiger partial charge on any atom is 0.259 e. The van der Waals surface area contributed by atoms with Crippen molar-refractivity contribution in [2.45, 2.75) is 38.1 Å². The molecule has 0 saturated carbocycles. The van der Waals surface area contributed by atoms with Crippen molar-refractivity contribution in [3.8, 4) is 11.5 Å². The van der Waals surface area contributed by atoms with Gasteiger partial charge in [0.1, 0.15) is 11.3 Å². The maximum atomic E-state index is 12.6. The summed E-state index contributed by atoms with van der Waals surface area (Å²) >= 11 is 0. The minimum atomic E-state index is -0.512. The van der Waals surface area contributed by atoms with Crippen LogP contribution in [-0.2, 0) is 22.4 Å². The molecule has 0 aromatic heterocycles. The second-order valence-corrected chi connectivity index (χ2v) is 7.28. The third-order valence-electron chi connectivity index (χ3n) is 5.28. The number of benzene rings is 2. The van der Waals surface area contributed by atoms with Crippen LogP contribution >= 0.6 is 0 Å². The largest absolute Gasteiger partial charge is 0.509 e. The van der Waals surface area contributed by atoms with E-state index in [9.17, 15) is 14.7 Å². The first-order chi connectivity index (χ1) is 14.5. The smallest absolute Gasteiger partial charge is 0.259 e. The fraction of sp³-hybridized carbons (Fsp3) is 0.333. The molecule has 6 nitrogen and oxygen atoms in total. The van der Waals surface area contributed by atoms with Crippen molar-refractivity contribution in [2.75, 3.05) is 14.2 Å². The van der Waals surface area contributed by atoms with E-state index in [1.165, 1.54) is 0 Å². The van der Waals surface area contributed by atoms with Gasteiger partial charge in [0.15, 0.2) is 17.3 Å². The first-order valence-corrected chi connectivity index (χ1v) is 10.1. The average molecular weight is 409 g/mol. The number of methoxy groups -OCH3 is 2. The van der Waals surface area contributed by atoms with Gasteiger partial charge >= 0.3 is 0 Å². The Morgan fingerprint density at radius 1 is 1.00 bits per heavy atom. The number of aryl methyl sites for hydroxylation is 2. The van der Waals surface area contributed by atoms with Crippen molar-refractivity contribution in [3.05, 3.63) is 71.0 Å².